The molecule has 2 aromatic rings. The van der Waals surface area contributed by atoms with Crippen LogP contribution in [-0.2, 0) is 4.79 Å². The standard InChI is InChI=1S/C19H20Cl2N2O2S/c1-12(13-7-8-14(20)15(21)11-13)22-18(24)16-5-2-3-9-23(16)19(25)17-6-4-10-26-17/h4,6-8,10-12,16H,2-3,5,9H2,1H3,(H,22,24)/t12-,16-/m1/s1. The Labute approximate surface area is 167 Å². The number of benzene rings is 1. The maximum Gasteiger partial charge on any atom is 0.264 e. The number of piperidine rings is 1. The second-order valence-corrected chi connectivity index (χ2v) is 8.15. The number of rotatable bonds is 4. The molecule has 0 bridgehead atoms. The Morgan fingerprint density at radius 2 is 2.04 bits per heavy atom. The molecule has 1 aromatic heterocycles. The van der Waals surface area contributed by atoms with Gasteiger partial charge in [0, 0.05) is 6.54 Å². The molecule has 138 valence electrons. The summed E-state index contributed by atoms with van der Waals surface area (Å²) in [4.78, 5) is 28.0. The third kappa shape index (κ3) is 4.22. The van der Waals surface area contributed by atoms with E-state index in [1.54, 1.807) is 23.1 Å². The molecule has 0 spiro atoms. The van der Waals surface area contributed by atoms with Crippen LogP contribution in [0.3, 0.4) is 0 Å². The number of hydrogen-bond acceptors (Lipinski definition) is 3. The molecule has 0 aliphatic carbocycles. The maximum atomic E-state index is 12.9. The number of amides is 2. The normalized spacial score (nSPS) is 18.4. The lowest BCUT2D eigenvalue weighted by Crippen LogP contribution is -2.52. The Bertz CT molecular complexity index is 795. The maximum absolute atomic E-state index is 12.9. The van der Waals surface area contributed by atoms with Crippen molar-refractivity contribution in [1.82, 2.24) is 10.2 Å². The Balaban J connectivity index is 1.72. The smallest absolute Gasteiger partial charge is 0.264 e. The monoisotopic (exact) mass is 410 g/mol. The third-order valence-corrected chi connectivity index (χ3v) is 6.20. The van der Waals surface area contributed by atoms with E-state index in [4.69, 9.17) is 23.2 Å². The molecule has 26 heavy (non-hydrogen) atoms. The van der Waals surface area contributed by atoms with E-state index < -0.39 is 6.04 Å². The minimum atomic E-state index is -0.441. The molecule has 1 aliphatic rings. The Kier molecular flexibility index (Phi) is 6.22. The summed E-state index contributed by atoms with van der Waals surface area (Å²) in [5.74, 6) is -0.199. The van der Waals surface area contributed by atoms with Crippen molar-refractivity contribution in [3.8, 4) is 0 Å². The predicted molar refractivity (Wildman–Crippen MR) is 106 cm³/mol. The molecule has 1 fully saturated rings. The summed E-state index contributed by atoms with van der Waals surface area (Å²) in [5.41, 5.74) is 0.875. The van der Waals surface area contributed by atoms with E-state index in [0.29, 0.717) is 27.9 Å². The highest BCUT2D eigenvalue weighted by Gasteiger charge is 2.33. The molecule has 0 saturated carbocycles. The van der Waals surface area contributed by atoms with Crippen LogP contribution in [0.2, 0.25) is 10.0 Å². The summed E-state index contributed by atoms with van der Waals surface area (Å²) in [5, 5.41) is 5.82. The topological polar surface area (TPSA) is 49.4 Å². The molecule has 1 N–H and O–H groups in total. The van der Waals surface area contributed by atoms with Crippen LogP contribution < -0.4 is 5.32 Å². The first-order valence-electron chi connectivity index (χ1n) is 8.57. The van der Waals surface area contributed by atoms with E-state index >= 15 is 0 Å². The Morgan fingerprint density at radius 3 is 2.73 bits per heavy atom. The number of halogens is 2. The molecule has 2 heterocycles. The molecule has 1 aromatic carbocycles. The van der Waals surface area contributed by atoms with Crippen molar-refractivity contribution in [3.63, 3.8) is 0 Å². The van der Waals surface area contributed by atoms with Crippen LogP contribution in [0.4, 0.5) is 0 Å². The molecule has 1 aliphatic heterocycles. The molecule has 4 nitrogen and oxygen atoms in total. The van der Waals surface area contributed by atoms with Gasteiger partial charge in [0.05, 0.1) is 21.0 Å². The summed E-state index contributed by atoms with van der Waals surface area (Å²) in [6.07, 6.45) is 2.54. The first-order valence-corrected chi connectivity index (χ1v) is 10.2. The molecule has 0 unspecified atom stereocenters. The fourth-order valence-electron chi connectivity index (χ4n) is 3.16. The molecule has 2 atom stereocenters. The average molecular weight is 411 g/mol. The third-order valence-electron chi connectivity index (χ3n) is 4.60. The summed E-state index contributed by atoms with van der Waals surface area (Å²) in [6, 6.07) is 8.30. The fourth-order valence-corrected chi connectivity index (χ4v) is 4.15. The zero-order chi connectivity index (χ0) is 18.7. The van der Waals surface area contributed by atoms with Gasteiger partial charge >= 0.3 is 0 Å². The minimum absolute atomic E-state index is 0.0676. The summed E-state index contributed by atoms with van der Waals surface area (Å²) in [6.45, 7) is 2.50. The highest BCUT2D eigenvalue weighted by atomic mass is 35.5. The number of thiophene rings is 1. The number of nitrogens with one attached hydrogen (secondary N) is 1. The SMILES string of the molecule is C[C@@H](NC(=O)[C@H]1CCCCN1C(=O)c1cccs1)c1ccc(Cl)c(Cl)c1. The van der Waals surface area contributed by atoms with Gasteiger partial charge in [-0.2, -0.15) is 0 Å². The molecule has 3 rings (SSSR count). The van der Waals surface area contributed by atoms with Gasteiger partial charge in [0.2, 0.25) is 5.91 Å². The molecule has 7 heteroatoms. The van der Waals surface area contributed by atoms with Gasteiger partial charge in [-0.15, -0.1) is 11.3 Å². The van der Waals surface area contributed by atoms with Crippen LogP contribution in [0.25, 0.3) is 0 Å². The highest BCUT2D eigenvalue weighted by molar-refractivity contribution is 7.12. The zero-order valence-electron chi connectivity index (χ0n) is 14.4. The molecule has 0 radical (unpaired) electrons. The lowest BCUT2D eigenvalue weighted by molar-refractivity contribution is -0.127. The van der Waals surface area contributed by atoms with Crippen molar-refractivity contribution in [3.05, 3.63) is 56.2 Å². The number of nitrogens with zero attached hydrogens (tertiary/aromatic N) is 1. The lowest BCUT2D eigenvalue weighted by atomic mass is 10.00. The van der Waals surface area contributed by atoms with Crippen molar-refractivity contribution in [2.45, 2.75) is 38.3 Å². The molecule has 1 saturated heterocycles. The largest absolute Gasteiger partial charge is 0.348 e. The predicted octanol–water partition coefficient (Wildman–Crippen LogP) is 4.93. The van der Waals surface area contributed by atoms with E-state index in [1.807, 2.05) is 24.4 Å². The van der Waals surface area contributed by atoms with Crippen LogP contribution in [-0.4, -0.2) is 29.3 Å². The van der Waals surface area contributed by atoms with Crippen molar-refractivity contribution >= 4 is 46.4 Å². The summed E-state index contributed by atoms with van der Waals surface area (Å²) >= 11 is 13.4. The van der Waals surface area contributed by atoms with Crippen LogP contribution in [0, 0.1) is 0 Å². The number of carbonyl (C=O) groups excluding carboxylic acids is 2. The van der Waals surface area contributed by atoms with Gasteiger partial charge in [0.1, 0.15) is 6.04 Å². The van der Waals surface area contributed by atoms with Crippen LogP contribution >= 0.6 is 34.5 Å². The zero-order valence-corrected chi connectivity index (χ0v) is 16.7. The lowest BCUT2D eigenvalue weighted by Gasteiger charge is -2.35. The number of hydrogen-bond donors (Lipinski definition) is 1. The van der Waals surface area contributed by atoms with Gasteiger partial charge in [0.15, 0.2) is 0 Å². The highest BCUT2D eigenvalue weighted by Crippen LogP contribution is 2.26. The van der Waals surface area contributed by atoms with Crippen molar-refractivity contribution < 1.29 is 9.59 Å². The van der Waals surface area contributed by atoms with E-state index in [-0.39, 0.29) is 17.9 Å². The van der Waals surface area contributed by atoms with Crippen LogP contribution in [0.15, 0.2) is 35.7 Å². The molecular weight excluding hydrogens is 391 g/mol. The van der Waals surface area contributed by atoms with E-state index in [2.05, 4.69) is 5.32 Å². The first kappa shape index (κ1) is 19.2. The first-order chi connectivity index (χ1) is 12.5. The van der Waals surface area contributed by atoms with Gasteiger partial charge in [-0.3, -0.25) is 9.59 Å². The second-order valence-electron chi connectivity index (χ2n) is 6.39. The van der Waals surface area contributed by atoms with E-state index in [9.17, 15) is 9.59 Å². The Hall–Kier alpha value is -1.56. The summed E-state index contributed by atoms with van der Waals surface area (Å²) < 4.78 is 0. The molecular formula is C19H20Cl2N2O2S. The van der Waals surface area contributed by atoms with Gasteiger partial charge in [-0.05, 0) is 55.3 Å². The van der Waals surface area contributed by atoms with Crippen molar-refractivity contribution in [1.29, 1.82) is 0 Å². The average Bonchev–Trinajstić information content (AvgIpc) is 3.18. The van der Waals surface area contributed by atoms with Gasteiger partial charge < -0.3 is 10.2 Å². The van der Waals surface area contributed by atoms with Gasteiger partial charge in [-0.1, -0.05) is 35.3 Å². The Morgan fingerprint density at radius 1 is 1.23 bits per heavy atom. The summed E-state index contributed by atoms with van der Waals surface area (Å²) in [7, 11) is 0. The van der Waals surface area contributed by atoms with Crippen LogP contribution in [0.1, 0.15) is 47.5 Å². The minimum Gasteiger partial charge on any atom is -0.348 e. The van der Waals surface area contributed by atoms with Gasteiger partial charge in [0.25, 0.3) is 5.91 Å². The molecule has 2 amide bonds. The van der Waals surface area contributed by atoms with Crippen LogP contribution in [0.5, 0.6) is 0 Å². The van der Waals surface area contributed by atoms with Gasteiger partial charge in [-0.25, -0.2) is 0 Å². The fraction of sp³-hybridized carbons (Fsp3) is 0.368. The number of likely N-dealkylation sites (tertiary alicyclic amines) is 1. The van der Waals surface area contributed by atoms with E-state index in [1.165, 1.54) is 11.3 Å². The van der Waals surface area contributed by atoms with Crippen molar-refractivity contribution in [2.75, 3.05) is 6.54 Å². The second kappa shape index (κ2) is 8.42. The number of carbonyl (C=O) groups is 2. The van der Waals surface area contributed by atoms with E-state index in [0.717, 1.165) is 18.4 Å². The quantitative estimate of drug-likeness (QED) is 0.776. The van der Waals surface area contributed by atoms with Crippen molar-refractivity contribution in [2.24, 2.45) is 0 Å².